The van der Waals surface area contributed by atoms with Crippen LogP contribution in [0.4, 0.5) is 4.79 Å². The monoisotopic (exact) mass is 293 g/mol. The highest BCUT2D eigenvalue weighted by Gasteiger charge is 2.28. The van der Waals surface area contributed by atoms with Gasteiger partial charge in [-0.3, -0.25) is 9.97 Å². The van der Waals surface area contributed by atoms with Crippen LogP contribution in [0.3, 0.4) is 0 Å². The van der Waals surface area contributed by atoms with Crippen molar-refractivity contribution in [2.24, 2.45) is 0 Å². The van der Waals surface area contributed by atoms with Crippen LogP contribution in [0.1, 0.15) is 39.3 Å². The number of carbonyl (C=O) groups is 1. The molecule has 2 rings (SSSR count). The molecule has 0 aromatic carbocycles. The molecule has 6 heteroatoms. The third-order valence-electron chi connectivity index (χ3n) is 3.11. The van der Waals surface area contributed by atoms with Gasteiger partial charge in [-0.25, -0.2) is 4.79 Å². The fourth-order valence-electron chi connectivity index (χ4n) is 2.17. The molecule has 0 N–H and O–H groups in total. The quantitative estimate of drug-likeness (QED) is 0.856. The molecule has 0 spiro atoms. The maximum Gasteiger partial charge on any atom is 0.410 e. The van der Waals surface area contributed by atoms with Gasteiger partial charge in [-0.2, -0.15) is 0 Å². The molecule has 1 atom stereocenters. The van der Waals surface area contributed by atoms with E-state index >= 15 is 0 Å². The standard InChI is InChI=1S/C15H23N3O3/c1-15(2,3)21-14(19)18-8-4-5-13(10-18)20-11-12-9-16-6-7-17-12/h6-7,9,13H,4-5,8,10-11H2,1-3H3/t13-/m0/s1. The van der Waals surface area contributed by atoms with E-state index in [1.807, 2.05) is 20.8 Å². The molecule has 1 aliphatic heterocycles. The van der Waals surface area contributed by atoms with Crippen LogP contribution in [0.15, 0.2) is 18.6 Å². The van der Waals surface area contributed by atoms with Crippen LogP contribution in [0, 0.1) is 0 Å². The van der Waals surface area contributed by atoms with Gasteiger partial charge in [0.05, 0.1) is 31.1 Å². The molecule has 6 nitrogen and oxygen atoms in total. The number of hydrogen-bond acceptors (Lipinski definition) is 5. The van der Waals surface area contributed by atoms with Crippen LogP contribution < -0.4 is 0 Å². The Morgan fingerprint density at radius 1 is 1.43 bits per heavy atom. The number of hydrogen-bond donors (Lipinski definition) is 0. The minimum Gasteiger partial charge on any atom is -0.444 e. The molecule has 0 aliphatic carbocycles. The molecule has 116 valence electrons. The van der Waals surface area contributed by atoms with E-state index in [9.17, 15) is 4.79 Å². The predicted molar refractivity (Wildman–Crippen MR) is 77.7 cm³/mol. The van der Waals surface area contributed by atoms with E-state index in [1.54, 1.807) is 23.5 Å². The fraction of sp³-hybridized carbons (Fsp3) is 0.667. The molecule has 0 radical (unpaired) electrons. The van der Waals surface area contributed by atoms with E-state index in [0.29, 0.717) is 13.2 Å². The van der Waals surface area contributed by atoms with Crippen LogP contribution in [-0.2, 0) is 16.1 Å². The van der Waals surface area contributed by atoms with E-state index in [1.165, 1.54) is 0 Å². The summed E-state index contributed by atoms with van der Waals surface area (Å²) < 4.78 is 11.2. The summed E-state index contributed by atoms with van der Waals surface area (Å²) in [4.78, 5) is 22.0. The Balaban J connectivity index is 1.82. The Hall–Kier alpha value is -1.69. The Kier molecular flexibility index (Phi) is 5.12. The predicted octanol–water partition coefficient (Wildman–Crippen LogP) is 2.39. The van der Waals surface area contributed by atoms with Crippen LogP contribution in [0.2, 0.25) is 0 Å². The molecular formula is C15H23N3O3. The second-order valence-electron chi connectivity index (χ2n) is 6.20. The molecule has 0 saturated carbocycles. The van der Waals surface area contributed by atoms with E-state index < -0.39 is 5.60 Å². The largest absolute Gasteiger partial charge is 0.444 e. The zero-order chi connectivity index (χ0) is 15.3. The van der Waals surface area contributed by atoms with Crippen molar-refractivity contribution in [2.45, 2.75) is 51.9 Å². The molecule has 1 aromatic rings. The summed E-state index contributed by atoms with van der Waals surface area (Å²) in [7, 11) is 0. The topological polar surface area (TPSA) is 64.5 Å². The van der Waals surface area contributed by atoms with Crippen molar-refractivity contribution >= 4 is 6.09 Å². The van der Waals surface area contributed by atoms with Gasteiger partial charge in [-0.05, 0) is 33.6 Å². The van der Waals surface area contributed by atoms with E-state index in [-0.39, 0.29) is 12.2 Å². The SMILES string of the molecule is CC(C)(C)OC(=O)N1CCC[C@H](OCc2cnccn2)C1. The van der Waals surface area contributed by atoms with Crippen molar-refractivity contribution in [3.63, 3.8) is 0 Å². The highest BCUT2D eigenvalue weighted by Crippen LogP contribution is 2.17. The normalized spacial score (nSPS) is 19.4. The lowest BCUT2D eigenvalue weighted by Gasteiger charge is -2.33. The highest BCUT2D eigenvalue weighted by molar-refractivity contribution is 5.68. The minimum absolute atomic E-state index is 0.0216. The lowest BCUT2D eigenvalue weighted by molar-refractivity contribution is -0.0266. The number of ether oxygens (including phenoxy) is 2. The summed E-state index contributed by atoms with van der Waals surface area (Å²) in [6.45, 7) is 7.32. The van der Waals surface area contributed by atoms with Crippen molar-refractivity contribution in [2.75, 3.05) is 13.1 Å². The van der Waals surface area contributed by atoms with E-state index in [0.717, 1.165) is 25.1 Å². The van der Waals surface area contributed by atoms with Crippen molar-refractivity contribution in [3.8, 4) is 0 Å². The van der Waals surface area contributed by atoms with Gasteiger partial charge in [0, 0.05) is 18.9 Å². The zero-order valence-electron chi connectivity index (χ0n) is 12.9. The van der Waals surface area contributed by atoms with Gasteiger partial charge in [-0.1, -0.05) is 0 Å². The Morgan fingerprint density at radius 3 is 2.90 bits per heavy atom. The number of nitrogens with zero attached hydrogens (tertiary/aromatic N) is 3. The molecule has 1 aromatic heterocycles. The number of rotatable bonds is 3. The summed E-state index contributed by atoms with van der Waals surface area (Å²) in [6, 6.07) is 0. The average Bonchev–Trinajstić information content (AvgIpc) is 2.45. The summed E-state index contributed by atoms with van der Waals surface area (Å²) in [5.41, 5.74) is 0.330. The van der Waals surface area contributed by atoms with E-state index in [4.69, 9.17) is 9.47 Å². The third-order valence-corrected chi connectivity index (χ3v) is 3.11. The first-order valence-corrected chi connectivity index (χ1v) is 7.28. The van der Waals surface area contributed by atoms with Crippen molar-refractivity contribution in [3.05, 3.63) is 24.3 Å². The number of aromatic nitrogens is 2. The van der Waals surface area contributed by atoms with Gasteiger partial charge in [0.2, 0.25) is 0 Å². The Morgan fingerprint density at radius 2 is 2.24 bits per heavy atom. The maximum atomic E-state index is 12.1. The van der Waals surface area contributed by atoms with Crippen molar-refractivity contribution in [1.29, 1.82) is 0 Å². The van der Waals surface area contributed by atoms with Crippen LogP contribution in [0.5, 0.6) is 0 Å². The van der Waals surface area contributed by atoms with Crippen LogP contribution >= 0.6 is 0 Å². The molecular weight excluding hydrogens is 270 g/mol. The average molecular weight is 293 g/mol. The molecule has 1 aliphatic rings. The Bertz CT molecular complexity index is 459. The second-order valence-corrected chi connectivity index (χ2v) is 6.20. The lowest BCUT2D eigenvalue weighted by Crippen LogP contribution is -2.45. The van der Waals surface area contributed by atoms with Gasteiger partial charge in [-0.15, -0.1) is 0 Å². The molecule has 1 fully saturated rings. The van der Waals surface area contributed by atoms with Crippen molar-refractivity contribution < 1.29 is 14.3 Å². The maximum absolute atomic E-state index is 12.1. The van der Waals surface area contributed by atoms with Gasteiger partial charge >= 0.3 is 6.09 Å². The number of amides is 1. The van der Waals surface area contributed by atoms with Crippen molar-refractivity contribution in [1.82, 2.24) is 14.9 Å². The van der Waals surface area contributed by atoms with Crippen LogP contribution in [-0.4, -0.2) is 45.8 Å². The molecule has 0 unspecified atom stereocenters. The summed E-state index contributed by atoms with van der Waals surface area (Å²) in [5, 5.41) is 0. The van der Waals surface area contributed by atoms with Gasteiger partial charge in [0.15, 0.2) is 0 Å². The zero-order valence-corrected chi connectivity index (χ0v) is 12.9. The molecule has 1 saturated heterocycles. The summed E-state index contributed by atoms with van der Waals surface area (Å²) in [6.07, 6.45) is 6.59. The summed E-state index contributed by atoms with van der Waals surface area (Å²) in [5.74, 6) is 0. The smallest absolute Gasteiger partial charge is 0.410 e. The summed E-state index contributed by atoms with van der Waals surface area (Å²) >= 11 is 0. The third kappa shape index (κ3) is 5.30. The number of carbonyl (C=O) groups excluding carboxylic acids is 1. The first-order chi connectivity index (χ1) is 9.94. The van der Waals surface area contributed by atoms with Gasteiger partial charge < -0.3 is 14.4 Å². The minimum atomic E-state index is -0.468. The lowest BCUT2D eigenvalue weighted by atomic mass is 10.1. The molecule has 2 heterocycles. The fourth-order valence-corrected chi connectivity index (χ4v) is 2.17. The van der Waals surface area contributed by atoms with Gasteiger partial charge in [0.1, 0.15) is 5.60 Å². The van der Waals surface area contributed by atoms with E-state index in [2.05, 4.69) is 9.97 Å². The molecule has 21 heavy (non-hydrogen) atoms. The molecule has 1 amide bonds. The Labute approximate surface area is 125 Å². The first-order valence-electron chi connectivity index (χ1n) is 7.28. The van der Waals surface area contributed by atoms with Gasteiger partial charge in [0.25, 0.3) is 0 Å². The number of piperidine rings is 1. The molecule has 0 bridgehead atoms. The number of likely N-dealkylation sites (tertiary alicyclic amines) is 1. The first kappa shape index (κ1) is 15.7. The second kappa shape index (κ2) is 6.85. The highest BCUT2D eigenvalue weighted by atomic mass is 16.6. The van der Waals surface area contributed by atoms with Crippen LogP contribution in [0.25, 0.3) is 0 Å².